The highest BCUT2D eigenvalue weighted by Crippen LogP contribution is 2.17. The number of nitrogens with one attached hydrogen (secondary N) is 2. The molecule has 8 heteroatoms. The van der Waals surface area contributed by atoms with Crippen LogP contribution in [-0.4, -0.2) is 30.9 Å². The van der Waals surface area contributed by atoms with Crippen LogP contribution in [0.3, 0.4) is 0 Å². The van der Waals surface area contributed by atoms with Gasteiger partial charge in [0.25, 0.3) is 11.8 Å². The van der Waals surface area contributed by atoms with Crippen LogP contribution in [0, 0.1) is 25.5 Å². The van der Waals surface area contributed by atoms with Crippen LogP contribution < -0.4 is 10.6 Å². The number of carbonyl (C=O) groups excluding carboxylic acids is 3. The first-order valence-electron chi connectivity index (χ1n) is 8.92. The van der Waals surface area contributed by atoms with Gasteiger partial charge in [0.1, 0.15) is 18.2 Å². The van der Waals surface area contributed by atoms with Crippen molar-refractivity contribution < 1.29 is 27.9 Å². The predicted molar refractivity (Wildman–Crippen MR) is 102 cm³/mol. The summed E-state index contributed by atoms with van der Waals surface area (Å²) >= 11 is 0. The van der Waals surface area contributed by atoms with Crippen molar-refractivity contribution in [3.05, 3.63) is 70.3 Å². The van der Waals surface area contributed by atoms with Gasteiger partial charge >= 0.3 is 5.97 Å². The van der Waals surface area contributed by atoms with Gasteiger partial charge in [-0.3, -0.25) is 14.4 Å². The number of rotatable bonds is 7. The van der Waals surface area contributed by atoms with Crippen molar-refractivity contribution in [3.63, 3.8) is 0 Å². The highest BCUT2D eigenvalue weighted by molar-refractivity contribution is 5.96. The maximum atomic E-state index is 13.7. The number of benzene rings is 2. The zero-order chi connectivity index (χ0) is 21.6. The van der Waals surface area contributed by atoms with Gasteiger partial charge in [0, 0.05) is 17.2 Å². The summed E-state index contributed by atoms with van der Waals surface area (Å²) < 4.78 is 31.5. The van der Waals surface area contributed by atoms with Gasteiger partial charge in [0.15, 0.2) is 6.61 Å². The van der Waals surface area contributed by atoms with Crippen molar-refractivity contribution in [1.82, 2.24) is 10.6 Å². The molecule has 0 aliphatic carbocycles. The molecule has 0 bridgehead atoms. The highest BCUT2D eigenvalue weighted by atomic mass is 19.1. The van der Waals surface area contributed by atoms with E-state index in [2.05, 4.69) is 10.6 Å². The van der Waals surface area contributed by atoms with E-state index in [4.69, 9.17) is 4.74 Å². The Labute approximate surface area is 167 Å². The summed E-state index contributed by atoms with van der Waals surface area (Å²) in [6.45, 7) is 4.31. The molecule has 0 saturated carbocycles. The fraction of sp³-hybridized carbons (Fsp3) is 0.286. The summed E-state index contributed by atoms with van der Waals surface area (Å²) in [5.74, 6) is -3.40. The van der Waals surface area contributed by atoms with Gasteiger partial charge in [-0.15, -0.1) is 0 Å². The summed E-state index contributed by atoms with van der Waals surface area (Å²) in [6, 6.07) is 7.44. The van der Waals surface area contributed by atoms with E-state index in [0.29, 0.717) is 5.56 Å². The molecule has 0 unspecified atom stereocenters. The van der Waals surface area contributed by atoms with Crippen molar-refractivity contribution in [1.29, 1.82) is 0 Å². The second-order valence-electron chi connectivity index (χ2n) is 6.60. The van der Waals surface area contributed by atoms with E-state index in [1.807, 2.05) is 13.8 Å². The molecule has 2 aromatic rings. The molecular weight excluding hydrogens is 382 g/mol. The molecule has 0 aliphatic heterocycles. The lowest BCUT2D eigenvalue weighted by atomic mass is 10.1. The molecule has 0 saturated heterocycles. The molecule has 2 rings (SSSR count). The van der Waals surface area contributed by atoms with Crippen molar-refractivity contribution in [2.45, 2.75) is 26.8 Å². The zero-order valence-electron chi connectivity index (χ0n) is 16.3. The maximum Gasteiger partial charge on any atom is 0.325 e. The van der Waals surface area contributed by atoms with Crippen LogP contribution in [0.2, 0.25) is 0 Å². The molecule has 6 nitrogen and oxygen atoms in total. The Morgan fingerprint density at radius 3 is 2.41 bits per heavy atom. The zero-order valence-corrected chi connectivity index (χ0v) is 16.3. The number of halogens is 2. The van der Waals surface area contributed by atoms with Gasteiger partial charge in [-0.2, -0.15) is 0 Å². The smallest absolute Gasteiger partial charge is 0.325 e. The first kappa shape index (κ1) is 22.0. The van der Waals surface area contributed by atoms with Crippen LogP contribution in [0.4, 0.5) is 8.78 Å². The molecule has 0 heterocycles. The standard InChI is InChI=1S/C21H22F2N2O4/c1-12-4-5-15(8-13(12)2)21(28)24-10-20(27)29-11-19(26)25-14(3)17-7-6-16(22)9-18(17)23/h4-9,14H,10-11H2,1-3H3,(H,24,28)(H,25,26)/t14-/m0/s1. The predicted octanol–water partition coefficient (Wildman–Crippen LogP) is 2.73. The lowest BCUT2D eigenvalue weighted by Crippen LogP contribution is -2.35. The minimum absolute atomic E-state index is 0.103. The number of carbonyl (C=O) groups is 3. The molecular formula is C21H22F2N2O4. The fourth-order valence-electron chi connectivity index (χ4n) is 2.55. The second kappa shape index (κ2) is 9.77. The first-order valence-corrected chi connectivity index (χ1v) is 8.92. The summed E-state index contributed by atoms with van der Waals surface area (Å²) in [7, 11) is 0. The summed E-state index contributed by atoms with van der Waals surface area (Å²) in [5.41, 5.74) is 2.51. The van der Waals surface area contributed by atoms with Gasteiger partial charge in [0.2, 0.25) is 0 Å². The summed E-state index contributed by atoms with van der Waals surface area (Å²) in [4.78, 5) is 35.6. The van der Waals surface area contributed by atoms with E-state index in [-0.39, 0.29) is 5.56 Å². The molecule has 0 spiro atoms. The van der Waals surface area contributed by atoms with Crippen LogP contribution in [0.5, 0.6) is 0 Å². The van der Waals surface area contributed by atoms with Gasteiger partial charge < -0.3 is 15.4 Å². The molecule has 1 atom stereocenters. The largest absolute Gasteiger partial charge is 0.454 e. The molecule has 29 heavy (non-hydrogen) atoms. The van der Waals surface area contributed by atoms with Gasteiger partial charge in [-0.25, -0.2) is 8.78 Å². The fourth-order valence-corrected chi connectivity index (χ4v) is 2.55. The van der Waals surface area contributed by atoms with E-state index >= 15 is 0 Å². The minimum Gasteiger partial charge on any atom is -0.454 e. The third-order valence-electron chi connectivity index (χ3n) is 4.33. The van der Waals surface area contributed by atoms with Crippen LogP contribution in [0.1, 0.15) is 40.0 Å². The van der Waals surface area contributed by atoms with E-state index < -0.39 is 48.6 Å². The number of hydrogen-bond acceptors (Lipinski definition) is 4. The topological polar surface area (TPSA) is 84.5 Å². The van der Waals surface area contributed by atoms with Crippen molar-refractivity contribution in [3.8, 4) is 0 Å². The molecule has 2 amide bonds. The molecule has 0 aromatic heterocycles. The van der Waals surface area contributed by atoms with Crippen molar-refractivity contribution in [2.75, 3.05) is 13.2 Å². The average Bonchev–Trinajstić information content (AvgIpc) is 2.66. The number of aryl methyl sites for hydroxylation is 2. The minimum atomic E-state index is -0.794. The quantitative estimate of drug-likeness (QED) is 0.695. The van der Waals surface area contributed by atoms with Crippen LogP contribution in [0.15, 0.2) is 36.4 Å². The molecule has 2 N–H and O–H groups in total. The SMILES string of the molecule is Cc1ccc(C(=O)NCC(=O)OCC(=O)N[C@@H](C)c2ccc(F)cc2F)cc1C. The number of hydrogen-bond donors (Lipinski definition) is 2. The Kier molecular flexibility index (Phi) is 7.41. The Morgan fingerprint density at radius 2 is 1.76 bits per heavy atom. The van der Waals surface area contributed by atoms with E-state index in [1.165, 1.54) is 13.0 Å². The molecule has 0 radical (unpaired) electrons. The van der Waals surface area contributed by atoms with E-state index in [0.717, 1.165) is 23.3 Å². The molecule has 0 fully saturated rings. The molecule has 154 valence electrons. The Bertz CT molecular complexity index is 931. The van der Waals surface area contributed by atoms with Crippen molar-refractivity contribution in [2.24, 2.45) is 0 Å². The van der Waals surface area contributed by atoms with E-state index in [1.54, 1.807) is 18.2 Å². The molecule has 2 aromatic carbocycles. The van der Waals surface area contributed by atoms with Crippen LogP contribution in [-0.2, 0) is 14.3 Å². The Balaban J connectivity index is 1.77. The Morgan fingerprint density at radius 1 is 1.03 bits per heavy atom. The Hall–Kier alpha value is -3.29. The number of ether oxygens (including phenoxy) is 1. The lowest BCUT2D eigenvalue weighted by molar-refractivity contribution is -0.147. The van der Waals surface area contributed by atoms with Crippen LogP contribution >= 0.6 is 0 Å². The monoisotopic (exact) mass is 404 g/mol. The third-order valence-corrected chi connectivity index (χ3v) is 4.33. The average molecular weight is 404 g/mol. The maximum absolute atomic E-state index is 13.7. The second-order valence-corrected chi connectivity index (χ2v) is 6.60. The lowest BCUT2D eigenvalue weighted by Gasteiger charge is -2.15. The summed E-state index contributed by atoms with van der Waals surface area (Å²) in [6.07, 6.45) is 0. The van der Waals surface area contributed by atoms with Gasteiger partial charge in [0.05, 0.1) is 6.04 Å². The molecule has 0 aliphatic rings. The number of amides is 2. The normalized spacial score (nSPS) is 11.5. The third kappa shape index (κ3) is 6.38. The van der Waals surface area contributed by atoms with Crippen LogP contribution in [0.25, 0.3) is 0 Å². The van der Waals surface area contributed by atoms with Gasteiger partial charge in [-0.05, 0) is 50.1 Å². The van der Waals surface area contributed by atoms with Crippen molar-refractivity contribution >= 4 is 17.8 Å². The summed E-state index contributed by atoms with van der Waals surface area (Å²) in [5, 5.41) is 4.87. The van der Waals surface area contributed by atoms with Gasteiger partial charge in [-0.1, -0.05) is 12.1 Å². The van der Waals surface area contributed by atoms with E-state index in [9.17, 15) is 23.2 Å². The first-order chi connectivity index (χ1) is 13.7. The number of esters is 1. The highest BCUT2D eigenvalue weighted by Gasteiger charge is 2.16.